The number of rotatable bonds is 8. The van der Waals surface area contributed by atoms with Gasteiger partial charge in [-0.25, -0.2) is 0 Å². The third-order valence-corrected chi connectivity index (χ3v) is 14.5. The molecule has 0 radical (unpaired) electrons. The lowest BCUT2D eigenvalue weighted by Crippen LogP contribution is -2.32. The lowest BCUT2D eigenvalue weighted by molar-refractivity contribution is 1.12. The van der Waals surface area contributed by atoms with Gasteiger partial charge in [-0.05, 0) is 17.2 Å². The molecule has 0 nitrogen and oxygen atoms in total. The zero-order valence-electron chi connectivity index (χ0n) is 11.7. The molecule has 0 aromatic rings. The van der Waals surface area contributed by atoms with Crippen molar-refractivity contribution in [3.05, 3.63) is 0 Å². The number of thioether (sulfide) groups is 1. The summed E-state index contributed by atoms with van der Waals surface area (Å²) in [5, 5.41) is 1.45. The summed E-state index contributed by atoms with van der Waals surface area (Å²) in [5.74, 6) is 1.44. The van der Waals surface area contributed by atoms with E-state index in [-0.39, 0.29) is 0 Å². The van der Waals surface area contributed by atoms with Crippen LogP contribution in [0.25, 0.3) is 0 Å². The Morgan fingerprint density at radius 3 is 1.67 bits per heavy atom. The molecule has 0 fully saturated rings. The summed E-state index contributed by atoms with van der Waals surface area (Å²) in [6, 6.07) is 6.04. The molecule has 0 spiro atoms. The second-order valence-corrected chi connectivity index (χ2v) is 18.6. The third kappa shape index (κ3) is 6.85. The van der Waals surface area contributed by atoms with Gasteiger partial charge in [-0.3, -0.25) is 0 Å². The Bertz CT molecular complexity index is 151. The Morgan fingerprint density at radius 2 is 1.33 bits per heavy atom. The molecule has 0 N–H and O–H groups in total. The van der Waals surface area contributed by atoms with Crippen molar-refractivity contribution in [2.45, 2.75) is 64.6 Å². The van der Waals surface area contributed by atoms with Crippen LogP contribution < -0.4 is 0 Å². The molecule has 0 aliphatic rings. The second-order valence-electron chi connectivity index (χ2n) is 5.92. The summed E-state index contributed by atoms with van der Waals surface area (Å²) in [7, 11) is -1.62. The standard InChI is InChI=1S/C12H30SSi2/c1-7-15(8-2,9-3)11-10-13-12-14(4,5)6/h7-12H2,1-6H3. The van der Waals surface area contributed by atoms with Gasteiger partial charge >= 0.3 is 0 Å². The van der Waals surface area contributed by atoms with Crippen molar-refractivity contribution in [3.8, 4) is 0 Å². The molecular formula is C12H30SSi2. The topological polar surface area (TPSA) is 0 Å². The lowest BCUT2D eigenvalue weighted by Gasteiger charge is -2.28. The Kier molecular flexibility index (Phi) is 7.55. The van der Waals surface area contributed by atoms with Crippen LogP contribution in [0.2, 0.25) is 43.8 Å². The van der Waals surface area contributed by atoms with Gasteiger partial charge in [-0.15, -0.1) is 0 Å². The van der Waals surface area contributed by atoms with E-state index in [1.807, 2.05) is 0 Å². The number of hydrogen-bond acceptors (Lipinski definition) is 1. The van der Waals surface area contributed by atoms with Gasteiger partial charge in [0.05, 0.1) is 16.1 Å². The van der Waals surface area contributed by atoms with Crippen LogP contribution in [0, 0.1) is 0 Å². The fourth-order valence-electron chi connectivity index (χ4n) is 1.95. The molecule has 0 aromatic heterocycles. The molecular weight excluding hydrogens is 232 g/mol. The highest BCUT2D eigenvalue weighted by atomic mass is 32.2. The SMILES string of the molecule is CC[Si](CC)(CC)CCSC[Si](C)(C)C. The molecule has 0 bridgehead atoms. The van der Waals surface area contributed by atoms with Gasteiger partial charge in [0, 0.05) is 0 Å². The molecule has 0 amide bonds. The Hall–Kier alpha value is 0.784. The maximum atomic E-state index is 2.48. The predicted molar refractivity (Wildman–Crippen MR) is 82.7 cm³/mol. The van der Waals surface area contributed by atoms with Crippen LogP contribution >= 0.6 is 11.8 Å². The van der Waals surface area contributed by atoms with Gasteiger partial charge < -0.3 is 0 Å². The van der Waals surface area contributed by atoms with E-state index in [0.29, 0.717) is 0 Å². The van der Waals surface area contributed by atoms with Crippen LogP contribution in [0.5, 0.6) is 0 Å². The molecule has 0 heterocycles. The van der Waals surface area contributed by atoms with Crippen molar-refractivity contribution in [3.63, 3.8) is 0 Å². The first-order valence-electron chi connectivity index (χ1n) is 6.47. The van der Waals surface area contributed by atoms with Gasteiger partial charge in [0.25, 0.3) is 0 Å². The molecule has 0 atom stereocenters. The van der Waals surface area contributed by atoms with E-state index in [2.05, 4.69) is 52.2 Å². The smallest absolute Gasteiger partial charge is 0.0548 e. The van der Waals surface area contributed by atoms with Crippen molar-refractivity contribution >= 4 is 27.9 Å². The van der Waals surface area contributed by atoms with E-state index in [0.717, 1.165) is 0 Å². The number of hydrogen-bond donors (Lipinski definition) is 0. The van der Waals surface area contributed by atoms with Crippen molar-refractivity contribution in [1.82, 2.24) is 0 Å². The van der Waals surface area contributed by atoms with E-state index in [1.165, 1.54) is 29.3 Å². The van der Waals surface area contributed by atoms with Crippen LogP contribution in [0.4, 0.5) is 0 Å². The van der Waals surface area contributed by atoms with Crippen molar-refractivity contribution < 1.29 is 0 Å². The summed E-state index contributed by atoms with van der Waals surface area (Å²) in [6.45, 7) is 14.7. The quantitative estimate of drug-likeness (QED) is 0.433. The minimum Gasteiger partial charge on any atom is -0.165 e. The van der Waals surface area contributed by atoms with Gasteiger partial charge in [0.15, 0.2) is 0 Å². The van der Waals surface area contributed by atoms with Crippen molar-refractivity contribution in [1.29, 1.82) is 0 Å². The summed E-state index contributed by atoms with van der Waals surface area (Å²) < 4.78 is 0. The van der Waals surface area contributed by atoms with Crippen molar-refractivity contribution in [2.75, 3.05) is 11.1 Å². The maximum absolute atomic E-state index is 2.48. The fraction of sp³-hybridized carbons (Fsp3) is 1.00. The van der Waals surface area contributed by atoms with E-state index >= 15 is 0 Å². The maximum Gasteiger partial charge on any atom is 0.0548 e. The molecule has 0 aliphatic carbocycles. The summed E-state index contributed by atoms with van der Waals surface area (Å²) in [5.41, 5.74) is 0. The molecule has 0 rings (SSSR count). The first-order valence-corrected chi connectivity index (χ1v) is 14.2. The molecule has 3 heteroatoms. The average Bonchev–Trinajstić information content (AvgIpc) is 2.18. The summed E-state index contributed by atoms with van der Waals surface area (Å²) >= 11 is 2.23. The molecule has 92 valence electrons. The van der Waals surface area contributed by atoms with Gasteiger partial charge in [-0.2, -0.15) is 11.8 Å². The largest absolute Gasteiger partial charge is 0.165 e. The van der Waals surface area contributed by atoms with E-state index in [9.17, 15) is 0 Å². The second kappa shape index (κ2) is 7.18. The van der Waals surface area contributed by atoms with Crippen molar-refractivity contribution in [2.24, 2.45) is 0 Å². The molecule has 0 saturated heterocycles. The van der Waals surface area contributed by atoms with Crippen LogP contribution in [0.3, 0.4) is 0 Å². The summed E-state index contributed by atoms with van der Waals surface area (Å²) in [6.07, 6.45) is 0. The van der Waals surface area contributed by atoms with Crippen LogP contribution in [-0.4, -0.2) is 27.3 Å². The minimum absolute atomic E-state index is 0.806. The van der Waals surface area contributed by atoms with Gasteiger partial charge in [-0.1, -0.05) is 58.5 Å². The van der Waals surface area contributed by atoms with Crippen LogP contribution in [0.15, 0.2) is 0 Å². The molecule has 0 aromatic carbocycles. The summed E-state index contributed by atoms with van der Waals surface area (Å²) in [4.78, 5) is 0. The zero-order valence-corrected chi connectivity index (χ0v) is 14.5. The fourth-order valence-corrected chi connectivity index (χ4v) is 9.84. The molecule has 0 aliphatic heterocycles. The van der Waals surface area contributed by atoms with Crippen LogP contribution in [0.1, 0.15) is 20.8 Å². The highest BCUT2D eigenvalue weighted by Gasteiger charge is 2.26. The highest BCUT2D eigenvalue weighted by molar-refractivity contribution is 8.00. The first kappa shape index (κ1) is 15.8. The zero-order chi connectivity index (χ0) is 11.9. The minimum atomic E-state index is -0.819. The monoisotopic (exact) mass is 262 g/mol. The Morgan fingerprint density at radius 1 is 0.867 bits per heavy atom. The van der Waals surface area contributed by atoms with Crippen LogP contribution in [-0.2, 0) is 0 Å². The predicted octanol–water partition coefficient (Wildman–Crippen LogP) is 5.11. The highest BCUT2D eigenvalue weighted by Crippen LogP contribution is 2.27. The van der Waals surface area contributed by atoms with Gasteiger partial charge in [0.1, 0.15) is 0 Å². The van der Waals surface area contributed by atoms with E-state index in [1.54, 1.807) is 6.04 Å². The molecule has 0 saturated carbocycles. The van der Waals surface area contributed by atoms with E-state index < -0.39 is 16.1 Å². The normalized spacial score (nSPS) is 13.2. The Balaban J connectivity index is 3.82. The molecule has 0 unspecified atom stereocenters. The first-order chi connectivity index (χ1) is 6.89. The Labute approximate surface area is 104 Å². The molecule has 15 heavy (non-hydrogen) atoms. The third-order valence-electron chi connectivity index (χ3n) is 3.56. The average molecular weight is 263 g/mol. The lowest BCUT2D eigenvalue weighted by atomic mass is 10.9. The van der Waals surface area contributed by atoms with Gasteiger partial charge in [0.2, 0.25) is 0 Å². The van der Waals surface area contributed by atoms with E-state index in [4.69, 9.17) is 0 Å².